The molecule has 1 aromatic carbocycles. The van der Waals surface area contributed by atoms with Gasteiger partial charge in [-0.15, -0.1) is 0 Å². The molecule has 0 amide bonds. The van der Waals surface area contributed by atoms with Crippen LogP contribution in [-0.4, -0.2) is 6.61 Å². The van der Waals surface area contributed by atoms with Crippen molar-refractivity contribution in [1.82, 2.24) is 0 Å². The highest BCUT2D eigenvalue weighted by molar-refractivity contribution is 6.32. The van der Waals surface area contributed by atoms with E-state index in [0.29, 0.717) is 10.4 Å². The van der Waals surface area contributed by atoms with E-state index < -0.39 is 0 Å². The Kier molecular flexibility index (Phi) is 2.44. The van der Waals surface area contributed by atoms with Gasteiger partial charge in [-0.25, -0.2) is 0 Å². The molecule has 1 aromatic rings. The first-order valence-electron chi connectivity index (χ1n) is 4.98. The molecule has 0 heterocycles. The lowest BCUT2D eigenvalue weighted by molar-refractivity contribution is 0.247. The molecule has 0 aliphatic heterocycles. The SMILES string of the molecule is Cc1ccc(OCC2(C)CC2)c(Cl)c1. The summed E-state index contributed by atoms with van der Waals surface area (Å²) < 4.78 is 5.69. The number of hydrogen-bond acceptors (Lipinski definition) is 1. The highest BCUT2D eigenvalue weighted by Gasteiger charge is 2.38. The maximum Gasteiger partial charge on any atom is 0.137 e. The third-order valence-corrected chi connectivity index (χ3v) is 3.06. The van der Waals surface area contributed by atoms with E-state index in [9.17, 15) is 0 Å². The first-order valence-corrected chi connectivity index (χ1v) is 5.36. The number of benzene rings is 1. The van der Waals surface area contributed by atoms with Crippen molar-refractivity contribution in [2.45, 2.75) is 26.7 Å². The van der Waals surface area contributed by atoms with Gasteiger partial charge < -0.3 is 4.74 Å². The Labute approximate surface area is 90.0 Å². The summed E-state index contributed by atoms with van der Waals surface area (Å²) in [5.41, 5.74) is 1.58. The van der Waals surface area contributed by atoms with Crippen molar-refractivity contribution in [2.75, 3.05) is 6.61 Å². The van der Waals surface area contributed by atoms with Gasteiger partial charge in [0.15, 0.2) is 0 Å². The van der Waals surface area contributed by atoms with Crippen molar-refractivity contribution < 1.29 is 4.74 Å². The molecule has 0 bridgehead atoms. The molecule has 1 aliphatic rings. The third kappa shape index (κ3) is 2.21. The Morgan fingerprint density at radius 3 is 2.71 bits per heavy atom. The van der Waals surface area contributed by atoms with Gasteiger partial charge in [0.25, 0.3) is 0 Å². The molecule has 0 spiro atoms. The Bertz CT molecular complexity index is 342. The lowest BCUT2D eigenvalue weighted by atomic mass is 10.2. The fourth-order valence-electron chi connectivity index (χ4n) is 1.33. The fraction of sp³-hybridized carbons (Fsp3) is 0.500. The average Bonchev–Trinajstić information content (AvgIpc) is 2.83. The molecule has 1 aliphatic carbocycles. The standard InChI is InChI=1S/C12H15ClO/c1-9-3-4-11(10(13)7-9)14-8-12(2)5-6-12/h3-4,7H,5-6,8H2,1-2H3. The van der Waals surface area contributed by atoms with Crippen molar-refractivity contribution in [1.29, 1.82) is 0 Å². The zero-order valence-electron chi connectivity index (χ0n) is 8.64. The van der Waals surface area contributed by atoms with E-state index >= 15 is 0 Å². The van der Waals surface area contributed by atoms with Crippen molar-refractivity contribution in [3.8, 4) is 5.75 Å². The molecule has 76 valence electrons. The van der Waals surface area contributed by atoms with E-state index in [4.69, 9.17) is 16.3 Å². The fourth-order valence-corrected chi connectivity index (χ4v) is 1.62. The predicted octanol–water partition coefficient (Wildman–Crippen LogP) is 3.83. The predicted molar refractivity (Wildman–Crippen MR) is 59.0 cm³/mol. The van der Waals surface area contributed by atoms with E-state index in [-0.39, 0.29) is 0 Å². The second-order valence-corrected chi connectivity index (χ2v) is 4.94. The van der Waals surface area contributed by atoms with E-state index in [2.05, 4.69) is 6.92 Å². The van der Waals surface area contributed by atoms with Gasteiger partial charge in [-0.05, 0) is 37.5 Å². The lowest BCUT2D eigenvalue weighted by Gasteiger charge is -2.12. The largest absolute Gasteiger partial charge is 0.491 e. The topological polar surface area (TPSA) is 9.23 Å². The quantitative estimate of drug-likeness (QED) is 0.737. The van der Waals surface area contributed by atoms with E-state index in [1.165, 1.54) is 18.4 Å². The van der Waals surface area contributed by atoms with Crippen LogP contribution in [0, 0.1) is 12.3 Å². The van der Waals surface area contributed by atoms with Crippen LogP contribution < -0.4 is 4.74 Å². The molecule has 0 unspecified atom stereocenters. The van der Waals surface area contributed by atoms with Crippen LogP contribution in [0.4, 0.5) is 0 Å². The molecule has 14 heavy (non-hydrogen) atoms. The minimum atomic E-state index is 0.411. The minimum Gasteiger partial charge on any atom is -0.491 e. The zero-order chi connectivity index (χ0) is 10.2. The van der Waals surface area contributed by atoms with Crippen LogP contribution in [0.3, 0.4) is 0 Å². The first kappa shape index (κ1) is 9.85. The number of hydrogen-bond donors (Lipinski definition) is 0. The highest BCUT2D eigenvalue weighted by Crippen LogP contribution is 2.45. The van der Waals surface area contributed by atoms with Gasteiger partial charge >= 0.3 is 0 Å². The summed E-state index contributed by atoms with van der Waals surface area (Å²) in [5, 5.41) is 0.717. The van der Waals surface area contributed by atoms with Crippen LogP contribution in [-0.2, 0) is 0 Å². The molecule has 0 aromatic heterocycles. The molecular weight excluding hydrogens is 196 g/mol. The summed E-state index contributed by atoms with van der Waals surface area (Å²) in [7, 11) is 0. The molecule has 1 saturated carbocycles. The van der Waals surface area contributed by atoms with Crippen LogP contribution in [0.2, 0.25) is 5.02 Å². The molecule has 0 atom stereocenters. The summed E-state index contributed by atoms with van der Waals surface area (Å²) in [6.07, 6.45) is 2.55. The molecule has 0 N–H and O–H groups in total. The van der Waals surface area contributed by atoms with E-state index in [0.717, 1.165) is 12.4 Å². The lowest BCUT2D eigenvalue weighted by Crippen LogP contribution is -2.08. The second-order valence-electron chi connectivity index (χ2n) is 4.53. The number of halogens is 1. The molecule has 2 rings (SSSR count). The normalized spacial score (nSPS) is 17.9. The van der Waals surface area contributed by atoms with Crippen LogP contribution in [0.1, 0.15) is 25.3 Å². The molecule has 1 nitrogen and oxygen atoms in total. The van der Waals surface area contributed by atoms with Gasteiger partial charge in [-0.2, -0.15) is 0 Å². The maximum atomic E-state index is 6.05. The summed E-state index contributed by atoms with van der Waals surface area (Å²) in [6, 6.07) is 5.91. The molecule has 2 heteroatoms. The molecule has 0 saturated heterocycles. The van der Waals surface area contributed by atoms with Crippen molar-refractivity contribution in [3.63, 3.8) is 0 Å². The van der Waals surface area contributed by atoms with E-state index in [1.54, 1.807) is 0 Å². The summed E-state index contributed by atoms with van der Waals surface area (Å²) in [4.78, 5) is 0. The van der Waals surface area contributed by atoms with Gasteiger partial charge in [0.2, 0.25) is 0 Å². The van der Waals surface area contributed by atoms with Crippen LogP contribution in [0.5, 0.6) is 5.75 Å². The Morgan fingerprint density at radius 1 is 1.43 bits per heavy atom. The van der Waals surface area contributed by atoms with Crippen LogP contribution >= 0.6 is 11.6 Å². The number of ether oxygens (including phenoxy) is 1. The first-order chi connectivity index (χ1) is 6.59. The summed E-state index contributed by atoms with van der Waals surface area (Å²) >= 11 is 6.05. The highest BCUT2D eigenvalue weighted by atomic mass is 35.5. The average molecular weight is 211 g/mol. The Balaban J connectivity index is 2.02. The van der Waals surface area contributed by atoms with E-state index in [1.807, 2.05) is 25.1 Å². The third-order valence-electron chi connectivity index (χ3n) is 2.77. The van der Waals surface area contributed by atoms with Gasteiger partial charge in [0, 0.05) is 5.41 Å². The number of rotatable bonds is 3. The van der Waals surface area contributed by atoms with Crippen molar-refractivity contribution in [3.05, 3.63) is 28.8 Å². The molecule has 1 fully saturated rings. The van der Waals surface area contributed by atoms with Gasteiger partial charge in [0.05, 0.1) is 11.6 Å². The van der Waals surface area contributed by atoms with Gasteiger partial charge in [-0.1, -0.05) is 24.6 Å². The number of aryl methyl sites for hydroxylation is 1. The van der Waals surface area contributed by atoms with Crippen LogP contribution in [0.25, 0.3) is 0 Å². The summed E-state index contributed by atoms with van der Waals surface area (Å²) in [6.45, 7) is 5.06. The maximum absolute atomic E-state index is 6.05. The Morgan fingerprint density at radius 2 is 2.14 bits per heavy atom. The molecular formula is C12H15ClO. The molecule has 0 radical (unpaired) electrons. The van der Waals surface area contributed by atoms with Crippen molar-refractivity contribution in [2.24, 2.45) is 5.41 Å². The monoisotopic (exact) mass is 210 g/mol. The van der Waals surface area contributed by atoms with Gasteiger partial charge in [0.1, 0.15) is 5.75 Å². The minimum absolute atomic E-state index is 0.411. The Hall–Kier alpha value is -0.690. The van der Waals surface area contributed by atoms with Crippen LogP contribution in [0.15, 0.2) is 18.2 Å². The second kappa shape index (κ2) is 3.47. The zero-order valence-corrected chi connectivity index (χ0v) is 9.40. The van der Waals surface area contributed by atoms with Gasteiger partial charge in [-0.3, -0.25) is 0 Å². The smallest absolute Gasteiger partial charge is 0.137 e. The van der Waals surface area contributed by atoms with Crippen molar-refractivity contribution >= 4 is 11.6 Å². The summed E-state index contributed by atoms with van der Waals surface area (Å²) in [5.74, 6) is 0.811.